The third-order valence-corrected chi connectivity index (χ3v) is 5.52. The molecule has 0 fully saturated rings. The first kappa shape index (κ1) is 21.1. The van der Waals surface area contributed by atoms with Gasteiger partial charge in [-0.25, -0.2) is 4.79 Å². The predicted octanol–water partition coefficient (Wildman–Crippen LogP) is 5.80. The van der Waals surface area contributed by atoms with Crippen LogP contribution >= 0.6 is 0 Å². The van der Waals surface area contributed by atoms with Crippen molar-refractivity contribution >= 4 is 17.9 Å². The van der Waals surface area contributed by atoms with E-state index < -0.39 is 0 Å². The molecule has 3 rings (SSSR count). The number of unbranched alkanes of at least 4 members (excludes halogenated alkanes) is 3. The Morgan fingerprint density at radius 2 is 1.83 bits per heavy atom. The van der Waals surface area contributed by atoms with Gasteiger partial charge in [0.25, 0.3) is 0 Å². The minimum absolute atomic E-state index is 0.0132. The zero-order valence-electron chi connectivity index (χ0n) is 17.2. The monoisotopic (exact) mass is 393 g/mol. The molecule has 0 aromatic heterocycles. The summed E-state index contributed by atoms with van der Waals surface area (Å²) >= 11 is 0. The lowest BCUT2D eigenvalue weighted by molar-refractivity contribution is 0.138. The second-order valence-electron chi connectivity index (χ2n) is 7.61. The molecule has 0 saturated carbocycles. The zero-order valence-corrected chi connectivity index (χ0v) is 17.2. The maximum Gasteiger partial charge on any atom is 0.415 e. The van der Waals surface area contributed by atoms with Gasteiger partial charge in [-0.15, -0.1) is 0 Å². The average Bonchev–Trinajstić information content (AvgIpc) is 2.77. The molecule has 4 heteroatoms. The van der Waals surface area contributed by atoms with Gasteiger partial charge in [0.15, 0.2) is 0 Å². The smallest absolute Gasteiger partial charge is 0.415 e. The van der Waals surface area contributed by atoms with E-state index in [4.69, 9.17) is 4.74 Å². The zero-order chi connectivity index (χ0) is 20.5. The summed E-state index contributed by atoms with van der Waals surface area (Å²) in [6, 6.07) is 17.3. The van der Waals surface area contributed by atoms with Crippen LogP contribution in [0.25, 0.3) is 6.08 Å². The first-order chi connectivity index (χ1) is 14.2. The highest BCUT2D eigenvalue weighted by atomic mass is 16.6. The molecule has 2 aromatic rings. The molecule has 0 aliphatic carbocycles. The Morgan fingerprint density at radius 3 is 2.59 bits per heavy atom. The highest BCUT2D eigenvalue weighted by molar-refractivity contribution is 5.93. The van der Waals surface area contributed by atoms with Crippen LogP contribution in [0.4, 0.5) is 10.5 Å². The highest BCUT2D eigenvalue weighted by Gasteiger charge is 2.34. The van der Waals surface area contributed by atoms with Crippen molar-refractivity contribution in [3.63, 3.8) is 0 Å². The number of fused-ring (bicyclic) bond motifs is 1. The number of aliphatic hydroxyl groups is 1. The second-order valence-corrected chi connectivity index (χ2v) is 7.61. The molecule has 0 spiro atoms. The van der Waals surface area contributed by atoms with Crippen LogP contribution in [0.3, 0.4) is 0 Å². The van der Waals surface area contributed by atoms with Crippen LogP contribution in [0.5, 0.6) is 0 Å². The fourth-order valence-electron chi connectivity index (χ4n) is 3.88. The van der Waals surface area contributed by atoms with Gasteiger partial charge in [0.1, 0.15) is 6.61 Å². The van der Waals surface area contributed by atoms with Gasteiger partial charge in [0.05, 0.1) is 11.7 Å². The fraction of sp³-hybridized carbons (Fsp3) is 0.400. The van der Waals surface area contributed by atoms with Crippen molar-refractivity contribution in [2.75, 3.05) is 11.5 Å². The SMILES string of the molecule is CCCCCC[C@H](CO)[C@@H]1C=Cc2ccccc2N1C(=O)OCc1ccccc1. The largest absolute Gasteiger partial charge is 0.444 e. The molecular formula is C25H31NO3. The first-order valence-corrected chi connectivity index (χ1v) is 10.6. The summed E-state index contributed by atoms with van der Waals surface area (Å²) < 4.78 is 5.66. The summed E-state index contributed by atoms with van der Waals surface area (Å²) in [5.41, 5.74) is 2.78. The number of nitrogens with zero attached hydrogens (tertiary/aromatic N) is 1. The Kier molecular flexibility index (Phi) is 7.88. The maximum absolute atomic E-state index is 13.1. The van der Waals surface area contributed by atoms with Crippen LogP contribution in [-0.2, 0) is 11.3 Å². The molecule has 1 aliphatic rings. The Morgan fingerprint density at radius 1 is 1.07 bits per heavy atom. The number of para-hydroxylation sites is 1. The number of carbonyl (C=O) groups excluding carboxylic acids is 1. The number of hydrogen-bond acceptors (Lipinski definition) is 3. The van der Waals surface area contributed by atoms with Crippen molar-refractivity contribution in [3.05, 3.63) is 71.8 Å². The number of amides is 1. The summed E-state index contributed by atoms with van der Waals surface area (Å²) in [6.07, 6.45) is 9.18. The summed E-state index contributed by atoms with van der Waals surface area (Å²) in [4.78, 5) is 14.9. The van der Waals surface area contributed by atoms with Crippen molar-refractivity contribution in [2.45, 2.75) is 51.7 Å². The summed E-state index contributed by atoms with van der Waals surface area (Å²) in [5.74, 6) is -0.0132. The minimum atomic E-state index is -0.373. The van der Waals surface area contributed by atoms with Gasteiger partial charge in [0.2, 0.25) is 0 Å². The average molecular weight is 394 g/mol. The van der Waals surface area contributed by atoms with E-state index >= 15 is 0 Å². The number of rotatable bonds is 9. The van der Waals surface area contributed by atoms with Gasteiger partial charge < -0.3 is 9.84 Å². The van der Waals surface area contributed by atoms with Crippen LogP contribution < -0.4 is 4.90 Å². The number of ether oxygens (including phenoxy) is 1. The number of hydrogen-bond donors (Lipinski definition) is 1. The van der Waals surface area contributed by atoms with Crippen molar-refractivity contribution < 1.29 is 14.6 Å². The van der Waals surface area contributed by atoms with Gasteiger partial charge in [-0.3, -0.25) is 4.90 Å². The molecule has 1 N–H and O–H groups in total. The van der Waals surface area contributed by atoms with Gasteiger partial charge >= 0.3 is 6.09 Å². The van der Waals surface area contributed by atoms with E-state index in [1.54, 1.807) is 4.90 Å². The van der Waals surface area contributed by atoms with Crippen LogP contribution in [0.15, 0.2) is 60.7 Å². The Labute approximate surface area is 173 Å². The van der Waals surface area contributed by atoms with E-state index in [0.29, 0.717) is 0 Å². The normalized spacial score (nSPS) is 16.3. The van der Waals surface area contributed by atoms with Crippen LogP contribution in [0.1, 0.15) is 50.2 Å². The quantitative estimate of drug-likeness (QED) is 0.547. The third kappa shape index (κ3) is 5.48. The molecule has 4 nitrogen and oxygen atoms in total. The van der Waals surface area contributed by atoms with Crippen LogP contribution in [-0.4, -0.2) is 23.8 Å². The van der Waals surface area contributed by atoms with Gasteiger partial charge in [-0.2, -0.15) is 0 Å². The minimum Gasteiger partial charge on any atom is -0.444 e. The second kappa shape index (κ2) is 10.8. The third-order valence-electron chi connectivity index (χ3n) is 5.52. The molecule has 0 bridgehead atoms. The lowest BCUT2D eigenvalue weighted by Crippen LogP contribution is -2.46. The molecule has 0 saturated heterocycles. The Balaban J connectivity index is 1.77. The van der Waals surface area contributed by atoms with Gasteiger partial charge in [-0.05, 0) is 23.6 Å². The van der Waals surface area contributed by atoms with Gasteiger partial charge in [-0.1, -0.05) is 93.3 Å². The molecule has 2 atom stereocenters. The van der Waals surface area contributed by atoms with Crippen molar-refractivity contribution in [3.8, 4) is 0 Å². The molecule has 0 radical (unpaired) electrons. The van der Waals surface area contributed by atoms with E-state index in [-0.39, 0.29) is 31.3 Å². The van der Waals surface area contributed by atoms with Gasteiger partial charge in [0, 0.05) is 12.5 Å². The highest BCUT2D eigenvalue weighted by Crippen LogP contribution is 2.34. The molecular weight excluding hydrogens is 362 g/mol. The molecule has 0 unspecified atom stereocenters. The predicted molar refractivity (Wildman–Crippen MR) is 118 cm³/mol. The van der Waals surface area contributed by atoms with Crippen molar-refractivity contribution in [1.29, 1.82) is 0 Å². The number of benzene rings is 2. The number of aliphatic hydroxyl groups excluding tert-OH is 1. The number of carbonyl (C=O) groups is 1. The lowest BCUT2D eigenvalue weighted by Gasteiger charge is -2.37. The van der Waals surface area contributed by atoms with Crippen LogP contribution in [0.2, 0.25) is 0 Å². The van der Waals surface area contributed by atoms with Crippen molar-refractivity contribution in [1.82, 2.24) is 0 Å². The maximum atomic E-state index is 13.1. The standard InChI is InChI=1S/C25H31NO3/c1-2-3-4-8-14-22(18-27)24-17-16-21-13-9-10-15-23(21)26(24)25(28)29-19-20-11-6-5-7-12-20/h5-7,9-13,15-17,22,24,27H,2-4,8,14,18-19H2,1H3/t22-,24+/m1/s1. The summed E-state index contributed by atoms with van der Waals surface area (Å²) in [6.45, 7) is 2.47. The first-order valence-electron chi connectivity index (χ1n) is 10.6. The van der Waals surface area contributed by atoms with Crippen molar-refractivity contribution in [2.24, 2.45) is 5.92 Å². The molecule has 1 heterocycles. The topological polar surface area (TPSA) is 49.8 Å². The van der Waals surface area contributed by atoms with E-state index in [1.165, 1.54) is 12.8 Å². The Bertz CT molecular complexity index is 803. The molecule has 154 valence electrons. The van der Waals surface area contributed by atoms with E-state index in [0.717, 1.165) is 36.1 Å². The van der Waals surface area contributed by atoms with E-state index in [2.05, 4.69) is 13.0 Å². The molecule has 29 heavy (non-hydrogen) atoms. The molecule has 2 aromatic carbocycles. The van der Waals surface area contributed by atoms with E-state index in [1.807, 2.05) is 60.7 Å². The molecule has 1 aliphatic heterocycles. The van der Waals surface area contributed by atoms with E-state index in [9.17, 15) is 9.90 Å². The number of anilines is 1. The van der Waals surface area contributed by atoms with Crippen LogP contribution in [0, 0.1) is 5.92 Å². The Hall–Kier alpha value is -2.59. The summed E-state index contributed by atoms with van der Waals surface area (Å²) in [7, 11) is 0. The lowest BCUT2D eigenvalue weighted by atomic mass is 9.89. The summed E-state index contributed by atoms with van der Waals surface area (Å²) in [5, 5.41) is 10.1. The fourth-order valence-corrected chi connectivity index (χ4v) is 3.88. The molecule has 1 amide bonds.